The zero-order valence-electron chi connectivity index (χ0n) is 7.41. The first kappa shape index (κ1) is 10.9. The first-order valence-electron chi connectivity index (χ1n) is 4.10. The summed E-state index contributed by atoms with van der Waals surface area (Å²) in [4.78, 5) is 0. The zero-order chi connectivity index (χ0) is 10.6. The van der Waals surface area contributed by atoms with Gasteiger partial charge in [-0.05, 0) is 12.1 Å². The third-order valence-corrected chi connectivity index (χ3v) is 1.61. The van der Waals surface area contributed by atoms with Gasteiger partial charge in [0, 0.05) is 6.54 Å². The molecule has 0 amide bonds. The Kier molecular flexibility index (Phi) is 3.79. The maximum Gasteiger partial charge on any atom is 0.190 e. The van der Waals surface area contributed by atoms with Gasteiger partial charge in [-0.3, -0.25) is 0 Å². The van der Waals surface area contributed by atoms with Gasteiger partial charge in [-0.25, -0.2) is 8.78 Å². The smallest absolute Gasteiger partial charge is 0.190 e. The Labute approximate surface area is 80.1 Å². The predicted octanol–water partition coefficient (Wildman–Crippen LogP) is 0.663. The highest BCUT2D eigenvalue weighted by atomic mass is 19.1. The molecule has 1 atom stereocenters. The van der Waals surface area contributed by atoms with Crippen LogP contribution in [0.2, 0.25) is 0 Å². The number of halogens is 2. The molecule has 0 aliphatic rings. The average molecular weight is 203 g/mol. The molecule has 0 aliphatic carbocycles. The van der Waals surface area contributed by atoms with Gasteiger partial charge in [0.25, 0.3) is 0 Å². The molecule has 1 aromatic rings. The lowest BCUT2D eigenvalue weighted by Gasteiger charge is -2.11. The van der Waals surface area contributed by atoms with E-state index in [4.69, 9.17) is 15.6 Å². The summed E-state index contributed by atoms with van der Waals surface area (Å²) in [6.45, 7) is -0.246. The third-order valence-electron chi connectivity index (χ3n) is 1.61. The Morgan fingerprint density at radius 3 is 2.43 bits per heavy atom. The molecular weight excluding hydrogens is 192 g/mol. The summed E-state index contributed by atoms with van der Waals surface area (Å²) in [5, 5.41) is 9.01. The summed E-state index contributed by atoms with van der Waals surface area (Å²) in [6.07, 6.45) is -0.922. The molecular formula is C9H11F2NO2. The van der Waals surface area contributed by atoms with E-state index in [1.165, 1.54) is 6.07 Å². The molecule has 1 aromatic carbocycles. The summed E-state index contributed by atoms with van der Waals surface area (Å²) in [6, 6.07) is 3.39. The molecule has 0 aliphatic heterocycles. The number of rotatable bonds is 4. The minimum absolute atomic E-state index is 0.0178. The highest BCUT2D eigenvalue weighted by molar-refractivity contribution is 5.25. The van der Waals surface area contributed by atoms with Crippen LogP contribution >= 0.6 is 0 Å². The van der Waals surface area contributed by atoms with E-state index in [0.29, 0.717) is 0 Å². The van der Waals surface area contributed by atoms with Crippen molar-refractivity contribution in [2.75, 3.05) is 13.2 Å². The van der Waals surface area contributed by atoms with Crippen molar-refractivity contribution < 1.29 is 18.6 Å². The van der Waals surface area contributed by atoms with Crippen LogP contribution < -0.4 is 10.5 Å². The van der Waals surface area contributed by atoms with Gasteiger partial charge in [0.2, 0.25) is 0 Å². The van der Waals surface area contributed by atoms with Crippen molar-refractivity contribution in [3.8, 4) is 5.75 Å². The van der Waals surface area contributed by atoms with Gasteiger partial charge in [-0.1, -0.05) is 6.07 Å². The molecule has 1 unspecified atom stereocenters. The van der Waals surface area contributed by atoms with E-state index < -0.39 is 23.5 Å². The Morgan fingerprint density at radius 1 is 1.36 bits per heavy atom. The summed E-state index contributed by atoms with van der Waals surface area (Å²) >= 11 is 0. The van der Waals surface area contributed by atoms with Crippen LogP contribution in [-0.4, -0.2) is 24.4 Å². The van der Waals surface area contributed by atoms with Gasteiger partial charge >= 0.3 is 0 Å². The molecule has 78 valence electrons. The molecule has 1 rings (SSSR count). The van der Waals surface area contributed by atoms with Crippen LogP contribution in [0.4, 0.5) is 8.78 Å². The Morgan fingerprint density at radius 2 is 1.93 bits per heavy atom. The molecule has 3 N–H and O–H groups in total. The Hall–Kier alpha value is -1.20. The fraction of sp³-hybridized carbons (Fsp3) is 0.333. The molecule has 0 radical (unpaired) electrons. The first-order chi connectivity index (χ1) is 6.65. The normalized spacial score (nSPS) is 12.6. The van der Waals surface area contributed by atoms with Crippen LogP contribution in [0.3, 0.4) is 0 Å². The van der Waals surface area contributed by atoms with Crippen LogP contribution in [0.25, 0.3) is 0 Å². The molecule has 0 bridgehead atoms. The maximum absolute atomic E-state index is 12.9. The quantitative estimate of drug-likeness (QED) is 0.756. The summed E-state index contributed by atoms with van der Waals surface area (Å²) in [5.74, 6) is -2.08. The monoisotopic (exact) mass is 203 g/mol. The minimum atomic E-state index is -0.922. The standard InChI is InChI=1S/C9H11F2NO2/c10-7-2-1-3-8(11)9(7)14-5-6(13)4-12/h1-3,6,13H,4-5,12H2. The Bertz CT molecular complexity index is 287. The lowest BCUT2D eigenvalue weighted by atomic mass is 10.3. The number of hydrogen-bond acceptors (Lipinski definition) is 3. The van der Waals surface area contributed by atoms with Crippen LogP contribution in [-0.2, 0) is 0 Å². The largest absolute Gasteiger partial charge is 0.485 e. The fourth-order valence-corrected chi connectivity index (χ4v) is 0.868. The van der Waals surface area contributed by atoms with Crippen molar-refractivity contribution in [1.82, 2.24) is 0 Å². The van der Waals surface area contributed by atoms with Crippen molar-refractivity contribution in [2.24, 2.45) is 5.73 Å². The van der Waals surface area contributed by atoms with Crippen LogP contribution in [0.1, 0.15) is 0 Å². The Balaban J connectivity index is 2.66. The minimum Gasteiger partial charge on any atom is -0.485 e. The predicted molar refractivity (Wildman–Crippen MR) is 46.9 cm³/mol. The van der Waals surface area contributed by atoms with E-state index >= 15 is 0 Å². The second kappa shape index (κ2) is 4.88. The van der Waals surface area contributed by atoms with Gasteiger partial charge in [0.1, 0.15) is 12.7 Å². The van der Waals surface area contributed by atoms with Crippen molar-refractivity contribution >= 4 is 0 Å². The van der Waals surface area contributed by atoms with Crippen molar-refractivity contribution in [2.45, 2.75) is 6.10 Å². The van der Waals surface area contributed by atoms with E-state index in [1.807, 2.05) is 0 Å². The average Bonchev–Trinajstić information content (AvgIpc) is 2.16. The van der Waals surface area contributed by atoms with Crippen molar-refractivity contribution in [1.29, 1.82) is 0 Å². The molecule has 0 spiro atoms. The van der Waals surface area contributed by atoms with E-state index in [1.54, 1.807) is 0 Å². The van der Waals surface area contributed by atoms with Gasteiger partial charge in [-0.15, -0.1) is 0 Å². The second-order valence-electron chi connectivity index (χ2n) is 2.75. The topological polar surface area (TPSA) is 55.5 Å². The van der Waals surface area contributed by atoms with Gasteiger partial charge in [-0.2, -0.15) is 0 Å². The first-order valence-corrected chi connectivity index (χ1v) is 4.10. The van der Waals surface area contributed by atoms with Gasteiger partial charge < -0.3 is 15.6 Å². The van der Waals surface area contributed by atoms with E-state index in [-0.39, 0.29) is 13.2 Å². The molecule has 0 fully saturated rings. The van der Waals surface area contributed by atoms with Crippen LogP contribution in [0, 0.1) is 11.6 Å². The lowest BCUT2D eigenvalue weighted by Crippen LogP contribution is -2.27. The molecule has 0 saturated heterocycles. The number of nitrogens with two attached hydrogens (primary N) is 1. The van der Waals surface area contributed by atoms with Crippen molar-refractivity contribution in [3.05, 3.63) is 29.8 Å². The van der Waals surface area contributed by atoms with Crippen LogP contribution in [0.5, 0.6) is 5.75 Å². The highest BCUT2D eigenvalue weighted by Gasteiger charge is 2.11. The SMILES string of the molecule is NCC(O)COc1c(F)cccc1F. The maximum atomic E-state index is 12.9. The summed E-state index contributed by atoms with van der Waals surface area (Å²) < 4.78 is 30.6. The summed E-state index contributed by atoms with van der Waals surface area (Å²) in [5.41, 5.74) is 5.09. The number of aliphatic hydroxyl groups is 1. The molecule has 5 heteroatoms. The van der Waals surface area contributed by atoms with Gasteiger partial charge in [0.15, 0.2) is 17.4 Å². The number of aliphatic hydroxyl groups excluding tert-OH is 1. The van der Waals surface area contributed by atoms with E-state index in [0.717, 1.165) is 12.1 Å². The van der Waals surface area contributed by atoms with Crippen molar-refractivity contribution in [3.63, 3.8) is 0 Å². The van der Waals surface area contributed by atoms with E-state index in [2.05, 4.69) is 0 Å². The molecule has 0 heterocycles. The number of ether oxygens (including phenoxy) is 1. The number of para-hydroxylation sites is 1. The third kappa shape index (κ3) is 2.65. The molecule has 0 aromatic heterocycles. The summed E-state index contributed by atoms with van der Waals surface area (Å²) in [7, 11) is 0. The van der Waals surface area contributed by atoms with E-state index in [9.17, 15) is 8.78 Å². The van der Waals surface area contributed by atoms with Gasteiger partial charge in [0.05, 0.1) is 0 Å². The highest BCUT2D eigenvalue weighted by Crippen LogP contribution is 2.20. The second-order valence-corrected chi connectivity index (χ2v) is 2.75. The zero-order valence-corrected chi connectivity index (χ0v) is 7.41. The number of benzene rings is 1. The van der Waals surface area contributed by atoms with Crippen LogP contribution in [0.15, 0.2) is 18.2 Å². The molecule has 3 nitrogen and oxygen atoms in total. The molecule has 0 saturated carbocycles. The fourth-order valence-electron chi connectivity index (χ4n) is 0.868. The lowest BCUT2D eigenvalue weighted by molar-refractivity contribution is 0.109. The molecule has 14 heavy (non-hydrogen) atoms. The number of hydrogen-bond donors (Lipinski definition) is 2.